The van der Waals surface area contributed by atoms with Crippen molar-refractivity contribution in [1.82, 2.24) is 15.2 Å². The third-order valence-corrected chi connectivity index (χ3v) is 6.38. The van der Waals surface area contributed by atoms with Gasteiger partial charge in [0.1, 0.15) is 0 Å². The molecule has 2 aliphatic rings. The van der Waals surface area contributed by atoms with Gasteiger partial charge in [-0.2, -0.15) is 0 Å². The fraction of sp³-hybridized carbons (Fsp3) is 0.565. The summed E-state index contributed by atoms with van der Waals surface area (Å²) in [5, 5.41) is 4.43. The van der Waals surface area contributed by atoms with E-state index in [1.807, 2.05) is 23.2 Å². The van der Waals surface area contributed by atoms with Crippen LogP contribution in [0.25, 0.3) is 10.9 Å². The third kappa shape index (κ3) is 4.40. The molecule has 1 aromatic carbocycles. The van der Waals surface area contributed by atoms with Crippen molar-refractivity contribution in [3.05, 3.63) is 36.0 Å². The number of aryl methyl sites for hydroxylation is 1. The zero-order chi connectivity index (χ0) is 19.3. The average molecular weight is 382 g/mol. The lowest BCUT2D eigenvalue weighted by molar-refractivity contribution is -0.136. The summed E-state index contributed by atoms with van der Waals surface area (Å²) in [6.07, 6.45) is 11.0. The lowest BCUT2D eigenvalue weighted by atomic mass is 9.93. The first-order valence-electron chi connectivity index (χ1n) is 10.8. The number of piperidine rings is 1. The van der Waals surface area contributed by atoms with E-state index in [1.165, 1.54) is 30.2 Å². The Morgan fingerprint density at radius 3 is 2.75 bits per heavy atom. The predicted molar refractivity (Wildman–Crippen MR) is 111 cm³/mol. The summed E-state index contributed by atoms with van der Waals surface area (Å²) in [5.74, 6) is 0.272. The summed E-state index contributed by atoms with van der Waals surface area (Å²) in [7, 11) is 0. The molecule has 28 heavy (non-hydrogen) atoms. The number of aromatic nitrogens is 1. The highest BCUT2D eigenvalue weighted by atomic mass is 16.2. The van der Waals surface area contributed by atoms with Gasteiger partial charge < -0.3 is 15.2 Å². The van der Waals surface area contributed by atoms with Gasteiger partial charge >= 0.3 is 0 Å². The van der Waals surface area contributed by atoms with Crippen LogP contribution in [0.3, 0.4) is 0 Å². The average Bonchev–Trinajstić information content (AvgIpc) is 3.16. The van der Waals surface area contributed by atoms with Crippen molar-refractivity contribution in [3.63, 3.8) is 0 Å². The molecular formula is C23H31N3O2. The number of rotatable bonds is 5. The van der Waals surface area contributed by atoms with E-state index in [1.54, 1.807) is 0 Å². The van der Waals surface area contributed by atoms with Crippen LogP contribution in [0.2, 0.25) is 0 Å². The van der Waals surface area contributed by atoms with Crippen molar-refractivity contribution in [1.29, 1.82) is 0 Å². The van der Waals surface area contributed by atoms with Crippen LogP contribution in [0.15, 0.2) is 30.5 Å². The Morgan fingerprint density at radius 2 is 1.89 bits per heavy atom. The number of hydrogen-bond donors (Lipinski definition) is 2. The van der Waals surface area contributed by atoms with Gasteiger partial charge in [0.15, 0.2) is 0 Å². The molecule has 5 heteroatoms. The number of likely N-dealkylation sites (tertiary alicyclic amines) is 1. The highest BCUT2D eigenvalue weighted by molar-refractivity contribution is 5.84. The number of amides is 2. The molecule has 1 atom stereocenters. The molecule has 2 aromatic rings. The first-order valence-corrected chi connectivity index (χ1v) is 10.8. The van der Waals surface area contributed by atoms with E-state index in [2.05, 4.69) is 22.4 Å². The first-order chi connectivity index (χ1) is 13.7. The molecule has 1 unspecified atom stereocenters. The number of fused-ring (bicyclic) bond motifs is 1. The van der Waals surface area contributed by atoms with Crippen LogP contribution in [-0.4, -0.2) is 40.8 Å². The van der Waals surface area contributed by atoms with Crippen LogP contribution in [0, 0.1) is 5.92 Å². The molecule has 2 amide bonds. The Labute approximate surface area is 166 Å². The number of carbonyl (C=O) groups excluding carboxylic acids is 2. The van der Waals surface area contributed by atoms with E-state index in [9.17, 15) is 9.59 Å². The van der Waals surface area contributed by atoms with E-state index >= 15 is 0 Å². The van der Waals surface area contributed by atoms with Crippen molar-refractivity contribution in [2.75, 3.05) is 13.1 Å². The molecule has 1 aliphatic heterocycles. The molecule has 0 spiro atoms. The van der Waals surface area contributed by atoms with Gasteiger partial charge in [0.2, 0.25) is 11.8 Å². The molecule has 2 heterocycles. The molecule has 0 bridgehead atoms. The standard InChI is InChI=1S/C23H31N3O2/c27-22(13-12-17-15-24-21-11-5-4-10-20(17)21)26-14-6-7-18(16-26)23(28)25-19-8-2-1-3-9-19/h4-5,10-11,15,18-19,24H,1-3,6-9,12-14,16H2,(H,25,28). The maximum Gasteiger partial charge on any atom is 0.225 e. The van der Waals surface area contributed by atoms with Crippen molar-refractivity contribution < 1.29 is 9.59 Å². The maximum atomic E-state index is 12.8. The van der Waals surface area contributed by atoms with Crippen molar-refractivity contribution in [2.24, 2.45) is 5.92 Å². The predicted octanol–water partition coefficient (Wildman–Crippen LogP) is 3.79. The molecule has 5 nitrogen and oxygen atoms in total. The van der Waals surface area contributed by atoms with E-state index in [-0.39, 0.29) is 17.7 Å². The second-order valence-electron chi connectivity index (χ2n) is 8.38. The number of H-pyrrole nitrogens is 1. The molecular weight excluding hydrogens is 350 g/mol. The van der Waals surface area contributed by atoms with E-state index in [0.29, 0.717) is 19.0 Å². The van der Waals surface area contributed by atoms with Gasteiger partial charge in [0.25, 0.3) is 0 Å². The van der Waals surface area contributed by atoms with E-state index < -0.39 is 0 Å². The first kappa shape index (κ1) is 19.0. The second kappa shape index (κ2) is 8.80. The molecule has 1 saturated heterocycles. The number of nitrogens with zero attached hydrogens (tertiary/aromatic N) is 1. The molecule has 1 saturated carbocycles. The number of aromatic amines is 1. The quantitative estimate of drug-likeness (QED) is 0.828. The number of nitrogens with one attached hydrogen (secondary N) is 2. The van der Waals surface area contributed by atoms with Gasteiger partial charge in [0.05, 0.1) is 5.92 Å². The van der Waals surface area contributed by atoms with Crippen LogP contribution in [0.4, 0.5) is 0 Å². The van der Waals surface area contributed by atoms with Gasteiger partial charge in [-0.05, 0) is 43.7 Å². The molecule has 150 valence electrons. The van der Waals surface area contributed by atoms with E-state index in [0.717, 1.165) is 44.2 Å². The highest BCUT2D eigenvalue weighted by Gasteiger charge is 2.29. The van der Waals surface area contributed by atoms with Gasteiger partial charge in [-0.1, -0.05) is 37.5 Å². The normalized spacial score (nSPS) is 21.0. The molecule has 1 aliphatic carbocycles. The second-order valence-corrected chi connectivity index (χ2v) is 8.38. The lowest BCUT2D eigenvalue weighted by Crippen LogP contribution is -2.48. The lowest BCUT2D eigenvalue weighted by Gasteiger charge is -2.33. The minimum atomic E-state index is -0.0484. The van der Waals surface area contributed by atoms with Crippen LogP contribution in [0.1, 0.15) is 56.9 Å². The number of carbonyl (C=O) groups is 2. The topological polar surface area (TPSA) is 65.2 Å². The molecule has 2 N–H and O–H groups in total. The Hall–Kier alpha value is -2.30. The van der Waals surface area contributed by atoms with Gasteiger partial charge in [0, 0.05) is 42.7 Å². The Balaban J connectivity index is 1.29. The highest BCUT2D eigenvalue weighted by Crippen LogP contribution is 2.23. The molecule has 4 rings (SSSR count). The van der Waals surface area contributed by atoms with Crippen LogP contribution in [-0.2, 0) is 16.0 Å². The summed E-state index contributed by atoms with van der Waals surface area (Å²) in [5.41, 5.74) is 2.30. The smallest absolute Gasteiger partial charge is 0.225 e. The van der Waals surface area contributed by atoms with Crippen LogP contribution in [0.5, 0.6) is 0 Å². The largest absolute Gasteiger partial charge is 0.361 e. The summed E-state index contributed by atoms with van der Waals surface area (Å²) >= 11 is 0. The van der Waals surface area contributed by atoms with Gasteiger partial charge in [-0.15, -0.1) is 0 Å². The fourth-order valence-electron chi connectivity index (χ4n) is 4.72. The minimum absolute atomic E-state index is 0.0484. The number of hydrogen-bond acceptors (Lipinski definition) is 2. The van der Waals surface area contributed by atoms with E-state index in [4.69, 9.17) is 0 Å². The van der Waals surface area contributed by atoms with Crippen LogP contribution >= 0.6 is 0 Å². The molecule has 1 aromatic heterocycles. The summed E-state index contributed by atoms with van der Waals surface area (Å²) in [6, 6.07) is 8.54. The molecule has 0 radical (unpaired) electrons. The fourth-order valence-corrected chi connectivity index (χ4v) is 4.72. The monoisotopic (exact) mass is 381 g/mol. The zero-order valence-electron chi connectivity index (χ0n) is 16.6. The van der Waals surface area contributed by atoms with Crippen LogP contribution < -0.4 is 5.32 Å². The van der Waals surface area contributed by atoms with Gasteiger partial charge in [-0.3, -0.25) is 9.59 Å². The SMILES string of the molecule is O=C(NC1CCCCC1)C1CCCN(C(=O)CCc2c[nH]c3ccccc23)C1. The number of para-hydroxylation sites is 1. The summed E-state index contributed by atoms with van der Waals surface area (Å²) in [6.45, 7) is 1.35. The van der Waals surface area contributed by atoms with Gasteiger partial charge in [-0.25, -0.2) is 0 Å². The zero-order valence-corrected chi connectivity index (χ0v) is 16.6. The Kier molecular flexibility index (Phi) is 5.98. The summed E-state index contributed by atoms with van der Waals surface area (Å²) in [4.78, 5) is 30.6. The Bertz CT molecular complexity index is 822. The van der Waals surface area contributed by atoms with Crippen molar-refractivity contribution in [3.8, 4) is 0 Å². The molecule has 2 fully saturated rings. The number of benzene rings is 1. The Morgan fingerprint density at radius 1 is 1.07 bits per heavy atom. The van der Waals surface area contributed by atoms with Crippen molar-refractivity contribution >= 4 is 22.7 Å². The third-order valence-electron chi connectivity index (χ3n) is 6.38. The minimum Gasteiger partial charge on any atom is -0.361 e. The maximum absolute atomic E-state index is 12.8. The summed E-state index contributed by atoms with van der Waals surface area (Å²) < 4.78 is 0. The van der Waals surface area contributed by atoms with Crippen molar-refractivity contribution in [2.45, 2.75) is 63.8 Å².